The number of hydrogen-bond donors (Lipinski definition) is 3. The maximum absolute atomic E-state index is 11.9. The van der Waals surface area contributed by atoms with Crippen molar-refractivity contribution in [3.05, 3.63) is 23.8 Å². The lowest BCUT2D eigenvalue weighted by Crippen LogP contribution is -2.52. The third-order valence-corrected chi connectivity index (χ3v) is 2.79. The van der Waals surface area contributed by atoms with Gasteiger partial charge in [0.2, 0.25) is 0 Å². The molecule has 1 aromatic carbocycles. The number of nitrogens with two attached hydrogens (primary N) is 1. The maximum Gasteiger partial charge on any atom is 0.257 e. The van der Waals surface area contributed by atoms with Gasteiger partial charge in [-0.15, -0.1) is 0 Å². The minimum Gasteiger partial charge on any atom is -0.508 e. The molecule has 0 aliphatic carbocycles. The first-order valence-electron chi connectivity index (χ1n) is 5.13. The van der Waals surface area contributed by atoms with Crippen LogP contribution in [-0.4, -0.2) is 40.7 Å². The minimum atomic E-state index is -0.266. The Morgan fingerprint density at radius 3 is 2.75 bits per heavy atom. The number of phenols is 2. The van der Waals surface area contributed by atoms with E-state index in [-0.39, 0.29) is 23.0 Å². The molecule has 1 fully saturated rings. The van der Waals surface area contributed by atoms with Gasteiger partial charge in [0.05, 0.1) is 5.56 Å². The van der Waals surface area contributed by atoms with E-state index in [1.54, 1.807) is 4.90 Å². The second kappa shape index (κ2) is 4.02. The van der Waals surface area contributed by atoms with Gasteiger partial charge in [-0.3, -0.25) is 4.79 Å². The first kappa shape index (κ1) is 10.8. The van der Waals surface area contributed by atoms with E-state index in [4.69, 9.17) is 5.73 Å². The molecule has 0 spiro atoms. The van der Waals surface area contributed by atoms with Gasteiger partial charge >= 0.3 is 0 Å². The molecule has 5 heteroatoms. The fourth-order valence-electron chi connectivity index (χ4n) is 1.75. The van der Waals surface area contributed by atoms with Crippen molar-refractivity contribution in [3.8, 4) is 11.5 Å². The van der Waals surface area contributed by atoms with Crippen molar-refractivity contribution in [3.63, 3.8) is 0 Å². The van der Waals surface area contributed by atoms with Crippen LogP contribution in [-0.2, 0) is 0 Å². The summed E-state index contributed by atoms with van der Waals surface area (Å²) >= 11 is 0. The minimum absolute atomic E-state index is 0.0305. The SMILES string of the molecule is NCC1CN(C(=O)c2cc(O)ccc2O)C1. The summed E-state index contributed by atoms with van der Waals surface area (Å²) in [7, 11) is 0. The zero-order valence-corrected chi connectivity index (χ0v) is 8.76. The van der Waals surface area contributed by atoms with Crippen molar-refractivity contribution in [2.45, 2.75) is 0 Å². The summed E-state index contributed by atoms with van der Waals surface area (Å²) in [6, 6.07) is 3.92. The van der Waals surface area contributed by atoms with Crippen LogP contribution < -0.4 is 5.73 Å². The number of hydrogen-bond acceptors (Lipinski definition) is 4. The number of carbonyl (C=O) groups is 1. The van der Waals surface area contributed by atoms with Crippen LogP contribution in [0.3, 0.4) is 0 Å². The second-order valence-electron chi connectivity index (χ2n) is 4.01. The molecule has 1 aliphatic rings. The molecular weight excluding hydrogens is 208 g/mol. The first-order chi connectivity index (χ1) is 7.61. The highest BCUT2D eigenvalue weighted by atomic mass is 16.3. The molecule has 1 amide bonds. The predicted molar refractivity (Wildman–Crippen MR) is 58.2 cm³/mol. The lowest BCUT2D eigenvalue weighted by atomic mass is 9.99. The molecule has 0 radical (unpaired) electrons. The van der Waals surface area contributed by atoms with Gasteiger partial charge in [-0.05, 0) is 24.7 Å². The van der Waals surface area contributed by atoms with Gasteiger partial charge in [-0.1, -0.05) is 0 Å². The zero-order chi connectivity index (χ0) is 11.7. The third kappa shape index (κ3) is 1.81. The van der Waals surface area contributed by atoms with Gasteiger partial charge in [0.1, 0.15) is 11.5 Å². The Hall–Kier alpha value is -1.75. The number of carbonyl (C=O) groups excluding carboxylic acids is 1. The van der Waals surface area contributed by atoms with Crippen molar-refractivity contribution < 1.29 is 15.0 Å². The van der Waals surface area contributed by atoms with E-state index in [0.717, 1.165) is 0 Å². The third-order valence-electron chi connectivity index (χ3n) is 2.79. The van der Waals surface area contributed by atoms with Gasteiger partial charge in [0, 0.05) is 19.0 Å². The molecule has 86 valence electrons. The van der Waals surface area contributed by atoms with Crippen LogP contribution in [0.15, 0.2) is 18.2 Å². The summed E-state index contributed by atoms with van der Waals surface area (Å²) < 4.78 is 0. The summed E-state index contributed by atoms with van der Waals surface area (Å²) in [4.78, 5) is 13.5. The van der Waals surface area contributed by atoms with E-state index in [1.165, 1.54) is 18.2 Å². The number of phenolic OH excluding ortho intramolecular Hbond substituents is 2. The fourth-order valence-corrected chi connectivity index (χ4v) is 1.75. The molecule has 0 saturated carbocycles. The number of likely N-dealkylation sites (tertiary alicyclic amines) is 1. The van der Waals surface area contributed by atoms with Crippen LogP contribution in [0.4, 0.5) is 0 Å². The highest BCUT2D eigenvalue weighted by Crippen LogP contribution is 2.26. The Morgan fingerprint density at radius 2 is 2.12 bits per heavy atom. The molecule has 1 saturated heterocycles. The van der Waals surface area contributed by atoms with Gasteiger partial charge in [0.15, 0.2) is 0 Å². The van der Waals surface area contributed by atoms with E-state index in [2.05, 4.69) is 0 Å². The Morgan fingerprint density at radius 1 is 1.44 bits per heavy atom. The monoisotopic (exact) mass is 222 g/mol. The lowest BCUT2D eigenvalue weighted by Gasteiger charge is -2.38. The quantitative estimate of drug-likeness (QED) is 0.621. The number of aromatic hydroxyl groups is 2. The maximum atomic E-state index is 11.9. The average Bonchev–Trinajstić information content (AvgIpc) is 2.20. The summed E-state index contributed by atoms with van der Waals surface area (Å²) in [5.41, 5.74) is 5.60. The Bertz CT molecular complexity index is 414. The van der Waals surface area contributed by atoms with Gasteiger partial charge in [-0.2, -0.15) is 0 Å². The number of amides is 1. The smallest absolute Gasteiger partial charge is 0.257 e. The standard InChI is InChI=1S/C11H14N2O3/c12-4-7-5-13(6-7)11(16)9-3-8(14)1-2-10(9)15/h1-3,7,14-15H,4-6,12H2. The molecule has 0 unspecified atom stereocenters. The number of benzene rings is 1. The van der Waals surface area contributed by atoms with Crippen molar-refractivity contribution in [2.75, 3.05) is 19.6 Å². The van der Waals surface area contributed by atoms with Gasteiger partial charge in [0.25, 0.3) is 5.91 Å². The van der Waals surface area contributed by atoms with Crippen LogP contribution in [0, 0.1) is 5.92 Å². The van der Waals surface area contributed by atoms with Crippen LogP contribution in [0.1, 0.15) is 10.4 Å². The van der Waals surface area contributed by atoms with Crippen LogP contribution in [0.25, 0.3) is 0 Å². The molecule has 2 rings (SSSR count). The van der Waals surface area contributed by atoms with Crippen LogP contribution in [0.5, 0.6) is 11.5 Å². The van der Waals surface area contributed by atoms with E-state index < -0.39 is 0 Å². The normalized spacial score (nSPS) is 15.9. The molecule has 1 heterocycles. The molecule has 16 heavy (non-hydrogen) atoms. The molecule has 1 aliphatic heterocycles. The topological polar surface area (TPSA) is 86.8 Å². The highest BCUT2D eigenvalue weighted by molar-refractivity contribution is 5.97. The second-order valence-corrected chi connectivity index (χ2v) is 4.01. The summed E-state index contributed by atoms with van der Waals surface area (Å²) in [6.45, 7) is 1.80. The average molecular weight is 222 g/mol. The molecule has 5 nitrogen and oxygen atoms in total. The van der Waals surface area contributed by atoms with E-state index in [0.29, 0.717) is 25.6 Å². The summed E-state index contributed by atoms with van der Waals surface area (Å²) in [5.74, 6) is -0.0578. The van der Waals surface area contributed by atoms with Crippen LogP contribution in [0.2, 0.25) is 0 Å². The number of rotatable bonds is 2. The Labute approximate surface area is 93.1 Å². The van der Waals surface area contributed by atoms with Crippen molar-refractivity contribution in [2.24, 2.45) is 11.7 Å². The number of nitrogens with zero attached hydrogens (tertiary/aromatic N) is 1. The molecule has 0 bridgehead atoms. The van der Waals surface area contributed by atoms with Crippen molar-refractivity contribution in [1.29, 1.82) is 0 Å². The van der Waals surface area contributed by atoms with Gasteiger partial charge < -0.3 is 20.8 Å². The molecule has 0 atom stereocenters. The Balaban J connectivity index is 2.13. The summed E-state index contributed by atoms with van der Waals surface area (Å²) in [5, 5.41) is 18.8. The highest BCUT2D eigenvalue weighted by Gasteiger charge is 2.31. The molecule has 0 aromatic heterocycles. The Kier molecular flexibility index (Phi) is 2.70. The van der Waals surface area contributed by atoms with E-state index >= 15 is 0 Å². The molecular formula is C11H14N2O3. The zero-order valence-electron chi connectivity index (χ0n) is 8.76. The van der Waals surface area contributed by atoms with Gasteiger partial charge in [-0.25, -0.2) is 0 Å². The molecule has 1 aromatic rings. The largest absolute Gasteiger partial charge is 0.508 e. The molecule has 4 N–H and O–H groups in total. The summed E-state index contributed by atoms with van der Waals surface area (Å²) in [6.07, 6.45) is 0. The first-order valence-corrected chi connectivity index (χ1v) is 5.13. The van der Waals surface area contributed by atoms with E-state index in [1.807, 2.05) is 0 Å². The lowest BCUT2D eigenvalue weighted by molar-refractivity contribution is 0.0512. The van der Waals surface area contributed by atoms with Crippen LogP contribution >= 0.6 is 0 Å². The predicted octanol–water partition coefficient (Wildman–Crippen LogP) is 0.128. The van der Waals surface area contributed by atoms with E-state index in [9.17, 15) is 15.0 Å². The fraction of sp³-hybridized carbons (Fsp3) is 0.364. The van der Waals surface area contributed by atoms with Crippen molar-refractivity contribution >= 4 is 5.91 Å². The van der Waals surface area contributed by atoms with Crippen molar-refractivity contribution in [1.82, 2.24) is 4.90 Å².